The first-order valence-electron chi connectivity index (χ1n) is 6.40. The average molecular weight is 254 g/mol. The fourth-order valence-corrected chi connectivity index (χ4v) is 2.65. The van der Waals surface area contributed by atoms with Crippen LogP contribution >= 0.6 is 0 Å². The first-order chi connectivity index (χ1) is 8.54. The fraction of sp³-hybridized carbons (Fsp3) is 0.571. The van der Waals surface area contributed by atoms with Gasteiger partial charge in [-0.05, 0) is 25.5 Å². The number of nitrogens with zero attached hydrogens (tertiary/aromatic N) is 1. The van der Waals surface area contributed by atoms with Crippen molar-refractivity contribution < 1.29 is 8.78 Å². The van der Waals surface area contributed by atoms with E-state index in [1.165, 1.54) is 6.07 Å². The first kappa shape index (κ1) is 13.4. The number of alkyl halides is 2. The number of hydrogen-bond donors (Lipinski definition) is 1. The molecule has 0 saturated carbocycles. The maximum Gasteiger partial charge on any atom is 0.263 e. The highest BCUT2D eigenvalue weighted by Crippen LogP contribution is 2.20. The molecule has 2 atom stereocenters. The minimum atomic E-state index is -2.38. The number of nitrogens with one attached hydrogen (secondary N) is 1. The third-order valence-electron chi connectivity index (χ3n) is 3.24. The molecule has 1 heterocycles. The zero-order chi connectivity index (χ0) is 13.1. The molecule has 0 aromatic heterocycles. The number of halogens is 2. The van der Waals surface area contributed by atoms with Crippen LogP contribution in [-0.4, -0.2) is 30.1 Å². The summed E-state index contributed by atoms with van der Waals surface area (Å²) < 4.78 is 25.3. The SMILES string of the molecule is CC1CN(Cc2cccc(C(F)F)c2)CC(C)N1. The molecule has 0 bridgehead atoms. The Kier molecular flexibility index (Phi) is 4.30. The second-order valence-electron chi connectivity index (χ2n) is 5.21. The Morgan fingerprint density at radius 2 is 1.94 bits per heavy atom. The molecule has 100 valence electrons. The zero-order valence-electron chi connectivity index (χ0n) is 10.9. The lowest BCUT2D eigenvalue weighted by molar-refractivity contribution is 0.150. The van der Waals surface area contributed by atoms with Gasteiger partial charge in [-0.2, -0.15) is 0 Å². The molecular weight excluding hydrogens is 234 g/mol. The van der Waals surface area contributed by atoms with E-state index in [-0.39, 0.29) is 5.56 Å². The van der Waals surface area contributed by atoms with E-state index in [0.717, 1.165) is 25.2 Å². The molecule has 18 heavy (non-hydrogen) atoms. The van der Waals surface area contributed by atoms with Crippen LogP contribution in [0.2, 0.25) is 0 Å². The van der Waals surface area contributed by atoms with E-state index in [0.29, 0.717) is 12.1 Å². The van der Waals surface area contributed by atoms with E-state index in [9.17, 15) is 8.78 Å². The Bertz CT molecular complexity index is 385. The monoisotopic (exact) mass is 254 g/mol. The normalized spacial score (nSPS) is 25.6. The molecule has 2 unspecified atom stereocenters. The topological polar surface area (TPSA) is 15.3 Å². The van der Waals surface area contributed by atoms with E-state index < -0.39 is 6.43 Å². The fourth-order valence-electron chi connectivity index (χ4n) is 2.65. The zero-order valence-corrected chi connectivity index (χ0v) is 10.9. The number of benzene rings is 1. The van der Waals surface area contributed by atoms with Crippen LogP contribution in [0.25, 0.3) is 0 Å². The first-order valence-corrected chi connectivity index (χ1v) is 6.40. The molecule has 2 rings (SSSR count). The van der Waals surface area contributed by atoms with Crippen molar-refractivity contribution in [1.82, 2.24) is 10.2 Å². The van der Waals surface area contributed by atoms with Crippen molar-refractivity contribution in [3.63, 3.8) is 0 Å². The van der Waals surface area contributed by atoms with Gasteiger partial charge in [0.25, 0.3) is 6.43 Å². The van der Waals surface area contributed by atoms with E-state index in [2.05, 4.69) is 24.1 Å². The van der Waals surface area contributed by atoms with Gasteiger partial charge < -0.3 is 5.32 Å². The minimum Gasteiger partial charge on any atom is -0.309 e. The van der Waals surface area contributed by atoms with E-state index >= 15 is 0 Å². The van der Waals surface area contributed by atoms with E-state index in [1.54, 1.807) is 12.1 Å². The van der Waals surface area contributed by atoms with Gasteiger partial charge in [-0.1, -0.05) is 18.2 Å². The van der Waals surface area contributed by atoms with Crippen LogP contribution in [0.1, 0.15) is 31.4 Å². The molecule has 1 aliphatic heterocycles. The van der Waals surface area contributed by atoms with E-state index in [1.807, 2.05) is 6.07 Å². The van der Waals surface area contributed by atoms with Gasteiger partial charge in [0.1, 0.15) is 0 Å². The molecule has 0 amide bonds. The smallest absolute Gasteiger partial charge is 0.263 e. The number of piperazine rings is 1. The summed E-state index contributed by atoms with van der Waals surface area (Å²) >= 11 is 0. The Balaban J connectivity index is 2.02. The van der Waals surface area contributed by atoms with Crippen LogP contribution in [0.3, 0.4) is 0 Å². The molecule has 0 radical (unpaired) electrons. The molecule has 1 N–H and O–H groups in total. The lowest BCUT2D eigenvalue weighted by atomic mass is 10.1. The molecule has 4 heteroatoms. The largest absolute Gasteiger partial charge is 0.309 e. The van der Waals surface area contributed by atoms with Crippen molar-refractivity contribution in [2.24, 2.45) is 0 Å². The summed E-state index contributed by atoms with van der Waals surface area (Å²) in [4.78, 5) is 2.32. The van der Waals surface area contributed by atoms with Gasteiger partial charge >= 0.3 is 0 Å². The summed E-state index contributed by atoms with van der Waals surface area (Å²) in [6.07, 6.45) is -2.38. The second kappa shape index (κ2) is 5.76. The van der Waals surface area contributed by atoms with Crippen molar-refractivity contribution in [2.75, 3.05) is 13.1 Å². The molecule has 1 aromatic carbocycles. The summed E-state index contributed by atoms with van der Waals surface area (Å²) in [5, 5.41) is 3.46. The van der Waals surface area contributed by atoms with Crippen LogP contribution < -0.4 is 5.32 Å². The van der Waals surface area contributed by atoms with Crippen LogP contribution in [-0.2, 0) is 6.54 Å². The van der Waals surface area contributed by atoms with Gasteiger partial charge in [0.05, 0.1) is 0 Å². The summed E-state index contributed by atoms with van der Waals surface area (Å²) in [6.45, 7) is 6.97. The van der Waals surface area contributed by atoms with Crippen molar-refractivity contribution in [1.29, 1.82) is 0 Å². The Morgan fingerprint density at radius 3 is 2.56 bits per heavy atom. The number of rotatable bonds is 3. The molecular formula is C14H20F2N2. The molecule has 1 fully saturated rings. The molecule has 0 spiro atoms. The standard InChI is InChI=1S/C14H20F2N2/c1-10-7-18(8-11(2)17-10)9-12-4-3-5-13(6-12)14(15)16/h3-6,10-11,14,17H,7-9H2,1-2H3. The van der Waals surface area contributed by atoms with Crippen LogP contribution in [0.5, 0.6) is 0 Å². The molecule has 1 aliphatic rings. The lowest BCUT2D eigenvalue weighted by Crippen LogP contribution is -2.53. The third kappa shape index (κ3) is 3.50. The molecule has 1 aromatic rings. The molecule has 2 nitrogen and oxygen atoms in total. The molecule has 0 aliphatic carbocycles. The van der Waals surface area contributed by atoms with Gasteiger partial charge in [0.15, 0.2) is 0 Å². The van der Waals surface area contributed by atoms with Crippen molar-refractivity contribution in [3.8, 4) is 0 Å². The maximum absolute atomic E-state index is 12.6. The highest BCUT2D eigenvalue weighted by atomic mass is 19.3. The van der Waals surface area contributed by atoms with Crippen molar-refractivity contribution in [2.45, 2.75) is 38.9 Å². The number of hydrogen-bond acceptors (Lipinski definition) is 2. The quantitative estimate of drug-likeness (QED) is 0.892. The van der Waals surface area contributed by atoms with E-state index in [4.69, 9.17) is 0 Å². The Morgan fingerprint density at radius 1 is 1.28 bits per heavy atom. The van der Waals surface area contributed by atoms with Crippen molar-refractivity contribution >= 4 is 0 Å². The van der Waals surface area contributed by atoms with Gasteiger partial charge in [0.2, 0.25) is 0 Å². The van der Waals surface area contributed by atoms with Gasteiger partial charge in [0, 0.05) is 37.3 Å². The van der Waals surface area contributed by atoms with Crippen molar-refractivity contribution in [3.05, 3.63) is 35.4 Å². The highest BCUT2D eigenvalue weighted by Gasteiger charge is 2.20. The third-order valence-corrected chi connectivity index (χ3v) is 3.24. The summed E-state index contributed by atoms with van der Waals surface area (Å²) in [7, 11) is 0. The lowest BCUT2D eigenvalue weighted by Gasteiger charge is -2.36. The summed E-state index contributed by atoms with van der Waals surface area (Å²) in [5.74, 6) is 0. The van der Waals surface area contributed by atoms with Crippen LogP contribution in [0.15, 0.2) is 24.3 Å². The Labute approximate surface area is 107 Å². The minimum absolute atomic E-state index is 0.115. The van der Waals surface area contributed by atoms with Gasteiger partial charge in [-0.15, -0.1) is 0 Å². The summed E-state index contributed by atoms with van der Waals surface area (Å²) in [6, 6.07) is 7.63. The second-order valence-corrected chi connectivity index (χ2v) is 5.21. The predicted octanol–water partition coefficient (Wildman–Crippen LogP) is 2.81. The van der Waals surface area contributed by atoms with Gasteiger partial charge in [-0.25, -0.2) is 8.78 Å². The molecule has 1 saturated heterocycles. The van der Waals surface area contributed by atoms with Gasteiger partial charge in [-0.3, -0.25) is 4.90 Å². The average Bonchev–Trinajstić information content (AvgIpc) is 2.27. The maximum atomic E-state index is 12.6. The predicted molar refractivity (Wildman–Crippen MR) is 68.7 cm³/mol. The Hall–Kier alpha value is -1.00. The van der Waals surface area contributed by atoms with Crippen LogP contribution in [0, 0.1) is 0 Å². The summed E-state index contributed by atoms with van der Waals surface area (Å²) in [5.41, 5.74) is 1.08. The highest BCUT2D eigenvalue weighted by molar-refractivity contribution is 5.24. The van der Waals surface area contributed by atoms with Crippen LogP contribution in [0.4, 0.5) is 8.78 Å².